The maximum Gasteiger partial charge on any atom is 0.408 e. The van der Waals surface area contributed by atoms with Crippen LogP contribution in [0.1, 0.15) is 77.5 Å². The summed E-state index contributed by atoms with van der Waals surface area (Å²) in [5.41, 5.74) is 0.466. The number of unbranched alkanes of at least 4 members (excludes halogenated alkanes) is 2. The van der Waals surface area contributed by atoms with Gasteiger partial charge in [0, 0.05) is 13.1 Å². The number of amides is 3. The lowest BCUT2D eigenvalue weighted by Gasteiger charge is -2.34. The summed E-state index contributed by atoms with van der Waals surface area (Å²) in [7, 11) is 0. The molecular formula is C28H43N3O7. The van der Waals surface area contributed by atoms with Crippen LogP contribution in [-0.4, -0.2) is 71.8 Å². The van der Waals surface area contributed by atoms with Crippen LogP contribution in [0.4, 0.5) is 4.79 Å². The third-order valence-corrected chi connectivity index (χ3v) is 5.41. The third-order valence-electron chi connectivity index (χ3n) is 5.41. The van der Waals surface area contributed by atoms with Crippen molar-refractivity contribution in [1.29, 1.82) is 0 Å². The number of nitrogens with zero attached hydrogens (tertiary/aromatic N) is 1. The summed E-state index contributed by atoms with van der Waals surface area (Å²) in [6.45, 7) is 12.3. The van der Waals surface area contributed by atoms with E-state index in [-0.39, 0.29) is 26.1 Å². The number of hydrogen-bond donors (Lipinski definition) is 3. The van der Waals surface area contributed by atoms with Crippen molar-refractivity contribution in [2.75, 3.05) is 26.3 Å². The highest BCUT2D eigenvalue weighted by atomic mass is 16.6. The molecule has 0 radical (unpaired) electrons. The second-order valence-electron chi connectivity index (χ2n) is 9.74. The van der Waals surface area contributed by atoms with Crippen LogP contribution in [-0.2, 0) is 23.9 Å². The van der Waals surface area contributed by atoms with E-state index in [0.29, 0.717) is 12.0 Å². The molecule has 212 valence electrons. The lowest BCUT2D eigenvalue weighted by atomic mass is 10.00. The highest BCUT2D eigenvalue weighted by Gasteiger charge is 2.36. The van der Waals surface area contributed by atoms with Crippen LogP contribution in [0, 0.1) is 0 Å². The van der Waals surface area contributed by atoms with E-state index in [0.717, 1.165) is 18.4 Å². The molecule has 3 amide bonds. The van der Waals surface area contributed by atoms with Crippen LogP contribution in [0.15, 0.2) is 30.8 Å². The Labute approximate surface area is 225 Å². The average Bonchev–Trinajstić information content (AvgIpc) is 2.85. The normalized spacial score (nSPS) is 12.6. The number of hydrogen-bond acceptors (Lipinski definition) is 7. The van der Waals surface area contributed by atoms with E-state index in [1.165, 1.54) is 4.90 Å². The Morgan fingerprint density at radius 1 is 1.16 bits per heavy atom. The van der Waals surface area contributed by atoms with E-state index in [2.05, 4.69) is 17.2 Å². The van der Waals surface area contributed by atoms with Crippen molar-refractivity contribution in [1.82, 2.24) is 15.5 Å². The van der Waals surface area contributed by atoms with E-state index in [9.17, 15) is 24.3 Å². The Morgan fingerprint density at radius 3 is 2.45 bits per heavy atom. The van der Waals surface area contributed by atoms with Gasteiger partial charge in [-0.15, -0.1) is 0 Å². The monoisotopic (exact) mass is 533 g/mol. The molecule has 3 N–H and O–H groups in total. The summed E-state index contributed by atoms with van der Waals surface area (Å²) in [6.07, 6.45) is 3.02. The maximum atomic E-state index is 13.7. The van der Waals surface area contributed by atoms with Gasteiger partial charge in [0.15, 0.2) is 0 Å². The number of carbonyl (C=O) groups excluding carboxylic acids is 4. The summed E-state index contributed by atoms with van der Waals surface area (Å²) in [4.78, 5) is 52.8. The van der Waals surface area contributed by atoms with Crippen molar-refractivity contribution in [2.45, 2.75) is 78.0 Å². The Balaban J connectivity index is 3.37. The second-order valence-corrected chi connectivity index (χ2v) is 9.74. The van der Waals surface area contributed by atoms with Gasteiger partial charge in [0.1, 0.15) is 17.7 Å². The lowest BCUT2D eigenvalue weighted by molar-refractivity contribution is -0.144. The smallest absolute Gasteiger partial charge is 0.408 e. The quantitative estimate of drug-likeness (QED) is 0.232. The van der Waals surface area contributed by atoms with Crippen LogP contribution < -0.4 is 10.6 Å². The van der Waals surface area contributed by atoms with Gasteiger partial charge in [0.25, 0.3) is 0 Å². The van der Waals surface area contributed by atoms with Gasteiger partial charge in [-0.3, -0.25) is 14.4 Å². The SMILES string of the molecule is C=Cc1cccc(C(C(=O)NCCC(=O)OCC)N(CCCCC)C(=O)C(CO)NC(=O)OC(C)(C)C)c1. The fourth-order valence-electron chi connectivity index (χ4n) is 3.68. The molecule has 10 heteroatoms. The summed E-state index contributed by atoms with van der Waals surface area (Å²) in [6, 6.07) is 4.62. The van der Waals surface area contributed by atoms with E-state index >= 15 is 0 Å². The number of aliphatic hydroxyl groups is 1. The molecule has 0 fully saturated rings. The second kappa shape index (κ2) is 16.4. The van der Waals surface area contributed by atoms with E-state index in [1.807, 2.05) is 13.0 Å². The van der Waals surface area contributed by atoms with Crippen molar-refractivity contribution in [3.8, 4) is 0 Å². The van der Waals surface area contributed by atoms with Crippen LogP contribution in [0.3, 0.4) is 0 Å². The first-order chi connectivity index (χ1) is 18.0. The molecule has 1 rings (SSSR count). The number of alkyl carbamates (subject to hydrolysis) is 1. The number of nitrogens with one attached hydrogen (secondary N) is 2. The number of esters is 1. The number of ether oxygens (including phenoxy) is 2. The zero-order valence-corrected chi connectivity index (χ0v) is 23.2. The van der Waals surface area contributed by atoms with Gasteiger partial charge in [0.05, 0.1) is 19.6 Å². The number of aliphatic hydroxyl groups excluding tert-OH is 1. The first-order valence-corrected chi connectivity index (χ1v) is 13.0. The van der Waals surface area contributed by atoms with E-state index in [4.69, 9.17) is 9.47 Å². The number of carbonyl (C=O) groups is 4. The van der Waals surface area contributed by atoms with Gasteiger partial charge >= 0.3 is 12.1 Å². The number of benzene rings is 1. The molecule has 0 bridgehead atoms. The minimum atomic E-state index is -1.33. The molecule has 0 saturated carbocycles. The maximum absolute atomic E-state index is 13.7. The first kappa shape index (κ1) is 32.6. The number of rotatable bonds is 15. The van der Waals surface area contributed by atoms with Crippen LogP contribution >= 0.6 is 0 Å². The first-order valence-electron chi connectivity index (χ1n) is 13.0. The fraction of sp³-hybridized carbons (Fsp3) is 0.571. The van der Waals surface area contributed by atoms with Crippen LogP contribution in [0.2, 0.25) is 0 Å². The molecule has 0 heterocycles. The van der Waals surface area contributed by atoms with Crippen molar-refractivity contribution in [3.05, 3.63) is 42.0 Å². The lowest BCUT2D eigenvalue weighted by Crippen LogP contribution is -2.54. The van der Waals surface area contributed by atoms with Gasteiger partial charge in [-0.1, -0.05) is 50.6 Å². The van der Waals surface area contributed by atoms with Gasteiger partial charge in [-0.2, -0.15) is 0 Å². The molecule has 0 saturated heterocycles. The molecule has 38 heavy (non-hydrogen) atoms. The fourth-order valence-corrected chi connectivity index (χ4v) is 3.68. The van der Waals surface area contributed by atoms with Gasteiger partial charge in [0.2, 0.25) is 11.8 Å². The Kier molecular flexibility index (Phi) is 14.1. The largest absolute Gasteiger partial charge is 0.466 e. The molecule has 0 aromatic heterocycles. The average molecular weight is 534 g/mol. The van der Waals surface area contributed by atoms with Gasteiger partial charge in [-0.05, 0) is 51.3 Å². The predicted molar refractivity (Wildman–Crippen MR) is 145 cm³/mol. The standard InChI is InChI=1S/C28H43N3O7/c1-7-10-11-17-31(26(35)22(19-32)30-27(36)38-28(4,5)6)24(21-14-12-13-20(8-2)18-21)25(34)29-16-15-23(33)37-9-3/h8,12-14,18,22,24,32H,2,7,9-11,15-17,19H2,1,3-6H3,(H,29,34)(H,30,36). The van der Waals surface area contributed by atoms with Gasteiger partial charge in [-0.25, -0.2) is 4.79 Å². The molecule has 0 spiro atoms. The molecule has 2 atom stereocenters. The Hall–Kier alpha value is -3.40. The van der Waals surface area contributed by atoms with Crippen molar-refractivity contribution in [2.24, 2.45) is 0 Å². The topological polar surface area (TPSA) is 134 Å². The summed E-state index contributed by atoms with van der Waals surface area (Å²) >= 11 is 0. The molecular weight excluding hydrogens is 490 g/mol. The minimum Gasteiger partial charge on any atom is -0.466 e. The zero-order valence-electron chi connectivity index (χ0n) is 23.2. The highest BCUT2D eigenvalue weighted by Crippen LogP contribution is 2.25. The summed E-state index contributed by atoms with van der Waals surface area (Å²) < 4.78 is 10.2. The molecule has 1 aromatic rings. The zero-order chi connectivity index (χ0) is 28.7. The van der Waals surface area contributed by atoms with Crippen LogP contribution in [0.25, 0.3) is 6.08 Å². The molecule has 1 aromatic carbocycles. The van der Waals surface area contributed by atoms with Crippen molar-refractivity contribution < 1.29 is 33.8 Å². The molecule has 2 unspecified atom stereocenters. The molecule has 0 aliphatic heterocycles. The van der Waals surface area contributed by atoms with Crippen molar-refractivity contribution >= 4 is 30.0 Å². The highest BCUT2D eigenvalue weighted by molar-refractivity contribution is 5.92. The summed E-state index contributed by atoms with van der Waals surface area (Å²) in [5.74, 6) is -1.59. The van der Waals surface area contributed by atoms with E-state index in [1.54, 1.807) is 52.0 Å². The van der Waals surface area contributed by atoms with Crippen molar-refractivity contribution in [3.63, 3.8) is 0 Å². The van der Waals surface area contributed by atoms with E-state index < -0.39 is 48.2 Å². The Bertz CT molecular complexity index is 943. The molecule has 10 nitrogen and oxygen atoms in total. The summed E-state index contributed by atoms with van der Waals surface area (Å²) in [5, 5.41) is 15.2. The molecule has 0 aliphatic carbocycles. The third kappa shape index (κ3) is 11.3. The van der Waals surface area contributed by atoms with Crippen LogP contribution in [0.5, 0.6) is 0 Å². The predicted octanol–water partition coefficient (Wildman–Crippen LogP) is 3.34. The minimum absolute atomic E-state index is 0.0197. The molecule has 0 aliphatic rings. The Morgan fingerprint density at radius 2 is 1.87 bits per heavy atom. The van der Waals surface area contributed by atoms with Gasteiger partial charge < -0.3 is 30.1 Å².